The van der Waals surface area contributed by atoms with Crippen molar-refractivity contribution in [1.29, 1.82) is 0 Å². The van der Waals surface area contributed by atoms with Crippen molar-refractivity contribution in [3.63, 3.8) is 0 Å². The van der Waals surface area contributed by atoms with Gasteiger partial charge in [0, 0.05) is 24.8 Å². The van der Waals surface area contributed by atoms with Gasteiger partial charge in [0.05, 0.1) is 13.2 Å². The van der Waals surface area contributed by atoms with Crippen molar-refractivity contribution in [3.05, 3.63) is 29.3 Å². The summed E-state index contributed by atoms with van der Waals surface area (Å²) >= 11 is 0. The number of rotatable bonds is 6. The van der Waals surface area contributed by atoms with Crippen LogP contribution in [0.25, 0.3) is 0 Å². The molecule has 0 aliphatic rings. The largest absolute Gasteiger partial charge is 0.392 e. The maximum atomic E-state index is 11.5. The van der Waals surface area contributed by atoms with Gasteiger partial charge in [-0.2, -0.15) is 0 Å². The molecule has 2 N–H and O–H groups in total. The van der Waals surface area contributed by atoms with Gasteiger partial charge in [-0.25, -0.2) is 0 Å². The monoisotopic (exact) mass is 250 g/mol. The van der Waals surface area contributed by atoms with E-state index in [4.69, 9.17) is 0 Å². The molecule has 4 heteroatoms. The van der Waals surface area contributed by atoms with Gasteiger partial charge < -0.3 is 15.3 Å². The van der Waals surface area contributed by atoms with E-state index in [1.807, 2.05) is 30.0 Å². The lowest BCUT2D eigenvalue weighted by Gasteiger charge is -2.25. The number of hydrogen-bond acceptors (Lipinski definition) is 3. The Balaban J connectivity index is 3.00. The number of nitrogens with one attached hydrogen (secondary N) is 1. The van der Waals surface area contributed by atoms with Crippen molar-refractivity contribution in [2.45, 2.75) is 26.9 Å². The molecule has 0 fully saturated rings. The maximum Gasteiger partial charge on any atom is 0.239 e. The maximum absolute atomic E-state index is 11.5. The Kier molecular flexibility index (Phi) is 5.65. The zero-order valence-corrected chi connectivity index (χ0v) is 11.4. The number of carbonyl (C=O) groups excluding carboxylic acids is 1. The van der Waals surface area contributed by atoms with Gasteiger partial charge >= 0.3 is 0 Å². The molecule has 0 aliphatic carbocycles. The summed E-state index contributed by atoms with van der Waals surface area (Å²) in [6.45, 7) is 5.17. The average molecular weight is 250 g/mol. The lowest BCUT2D eigenvalue weighted by Crippen LogP contribution is -2.36. The summed E-state index contributed by atoms with van der Waals surface area (Å²) < 4.78 is 0. The molecule has 0 saturated heterocycles. The van der Waals surface area contributed by atoms with Gasteiger partial charge in [-0.3, -0.25) is 4.79 Å². The van der Waals surface area contributed by atoms with Crippen molar-refractivity contribution < 1.29 is 9.90 Å². The van der Waals surface area contributed by atoms with Crippen molar-refractivity contribution in [2.24, 2.45) is 0 Å². The Hall–Kier alpha value is -1.55. The normalized spacial score (nSPS) is 10.2. The quantitative estimate of drug-likeness (QED) is 0.803. The summed E-state index contributed by atoms with van der Waals surface area (Å²) in [6.07, 6.45) is 0.954. The third kappa shape index (κ3) is 3.74. The van der Waals surface area contributed by atoms with Gasteiger partial charge in [-0.1, -0.05) is 24.6 Å². The van der Waals surface area contributed by atoms with Crippen LogP contribution in [0.4, 0.5) is 5.69 Å². The Morgan fingerprint density at radius 1 is 1.44 bits per heavy atom. The van der Waals surface area contributed by atoms with Crippen molar-refractivity contribution >= 4 is 11.6 Å². The van der Waals surface area contributed by atoms with E-state index in [0.717, 1.165) is 29.8 Å². The van der Waals surface area contributed by atoms with Crippen molar-refractivity contribution in [1.82, 2.24) is 5.32 Å². The van der Waals surface area contributed by atoms with E-state index in [1.54, 1.807) is 7.05 Å². The molecular weight excluding hydrogens is 228 g/mol. The van der Waals surface area contributed by atoms with Crippen LogP contribution in [0.2, 0.25) is 0 Å². The summed E-state index contributed by atoms with van der Waals surface area (Å²) in [5, 5.41) is 12.1. The minimum atomic E-state index is -0.0204. The molecular formula is C14H22N2O2. The van der Waals surface area contributed by atoms with Crippen LogP contribution in [0.15, 0.2) is 18.2 Å². The highest BCUT2D eigenvalue weighted by molar-refractivity contribution is 5.81. The molecule has 0 unspecified atom stereocenters. The molecule has 0 heterocycles. The minimum absolute atomic E-state index is 0.00896. The molecule has 0 spiro atoms. The molecule has 1 amide bonds. The second kappa shape index (κ2) is 7.01. The molecule has 100 valence electrons. The molecule has 0 aromatic heterocycles. The van der Waals surface area contributed by atoms with E-state index < -0.39 is 0 Å². The molecule has 4 nitrogen and oxygen atoms in total. The molecule has 1 rings (SSSR count). The Bertz CT molecular complexity index is 405. The topological polar surface area (TPSA) is 52.6 Å². The SMILES string of the molecule is CCCN(CC(=O)NC)c1ccc(C)cc1CO. The number of amides is 1. The number of carbonyl (C=O) groups is 1. The lowest BCUT2D eigenvalue weighted by atomic mass is 10.1. The molecule has 0 radical (unpaired) electrons. The minimum Gasteiger partial charge on any atom is -0.392 e. The second-order valence-corrected chi connectivity index (χ2v) is 4.39. The average Bonchev–Trinajstić information content (AvgIpc) is 2.37. The highest BCUT2D eigenvalue weighted by Crippen LogP contribution is 2.22. The predicted octanol–water partition coefficient (Wildman–Crippen LogP) is 1.45. The van der Waals surface area contributed by atoms with E-state index in [1.165, 1.54) is 0 Å². The smallest absolute Gasteiger partial charge is 0.239 e. The Morgan fingerprint density at radius 3 is 2.72 bits per heavy atom. The van der Waals surface area contributed by atoms with E-state index in [9.17, 15) is 9.90 Å². The number of aliphatic hydroxyl groups is 1. The first-order valence-corrected chi connectivity index (χ1v) is 6.28. The molecule has 1 aromatic carbocycles. The van der Waals surface area contributed by atoms with Crippen LogP contribution in [0.1, 0.15) is 24.5 Å². The first-order chi connectivity index (χ1) is 8.62. The van der Waals surface area contributed by atoms with Crippen LogP contribution in [-0.2, 0) is 11.4 Å². The van der Waals surface area contributed by atoms with Gasteiger partial charge in [0.15, 0.2) is 0 Å². The highest BCUT2D eigenvalue weighted by atomic mass is 16.3. The van der Waals surface area contributed by atoms with Gasteiger partial charge in [0.25, 0.3) is 0 Å². The van der Waals surface area contributed by atoms with Crippen molar-refractivity contribution in [2.75, 3.05) is 25.0 Å². The molecule has 0 bridgehead atoms. The number of aliphatic hydroxyl groups excluding tert-OH is 1. The van der Waals surface area contributed by atoms with Crippen LogP contribution in [0, 0.1) is 6.92 Å². The number of nitrogens with zero attached hydrogens (tertiary/aromatic N) is 1. The number of likely N-dealkylation sites (N-methyl/N-ethyl adjacent to an activating group) is 1. The molecule has 18 heavy (non-hydrogen) atoms. The lowest BCUT2D eigenvalue weighted by molar-refractivity contribution is -0.119. The molecule has 0 saturated carbocycles. The van der Waals surface area contributed by atoms with Crippen LogP contribution >= 0.6 is 0 Å². The summed E-state index contributed by atoms with van der Waals surface area (Å²) in [6, 6.07) is 5.93. The van der Waals surface area contributed by atoms with Crippen LogP contribution in [-0.4, -0.2) is 31.2 Å². The van der Waals surface area contributed by atoms with Crippen LogP contribution < -0.4 is 10.2 Å². The molecule has 0 atom stereocenters. The van der Waals surface area contributed by atoms with Crippen molar-refractivity contribution in [3.8, 4) is 0 Å². The van der Waals surface area contributed by atoms with Gasteiger partial charge in [0.1, 0.15) is 0 Å². The van der Waals surface area contributed by atoms with Gasteiger partial charge in [-0.05, 0) is 19.4 Å². The first kappa shape index (κ1) is 14.5. The summed E-state index contributed by atoms with van der Waals surface area (Å²) in [5.74, 6) is -0.0204. The molecule has 1 aromatic rings. The van der Waals surface area contributed by atoms with Gasteiger partial charge in [-0.15, -0.1) is 0 Å². The fourth-order valence-electron chi connectivity index (χ4n) is 1.96. The van der Waals surface area contributed by atoms with E-state index in [0.29, 0.717) is 6.54 Å². The second-order valence-electron chi connectivity index (χ2n) is 4.39. The number of aryl methyl sites for hydroxylation is 1. The van der Waals surface area contributed by atoms with E-state index in [-0.39, 0.29) is 12.5 Å². The summed E-state index contributed by atoms with van der Waals surface area (Å²) in [7, 11) is 1.63. The summed E-state index contributed by atoms with van der Waals surface area (Å²) in [5.41, 5.74) is 2.92. The zero-order chi connectivity index (χ0) is 13.5. The van der Waals surface area contributed by atoms with Crippen LogP contribution in [0.5, 0.6) is 0 Å². The third-order valence-electron chi connectivity index (χ3n) is 2.85. The Morgan fingerprint density at radius 2 is 2.17 bits per heavy atom. The van der Waals surface area contributed by atoms with E-state index >= 15 is 0 Å². The fourth-order valence-corrected chi connectivity index (χ4v) is 1.96. The Labute approximate surface area is 109 Å². The fraction of sp³-hybridized carbons (Fsp3) is 0.500. The zero-order valence-electron chi connectivity index (χ0n) is 11.4. The highest BCUT2D eigenvalue weighted by Gasteiger charge is 2.13. The first-order valence-electron chi connectivity index (χ1n) is 6.28. The van der Waals surface area contributed by atoms with E-state index in [2.05, 4.69) is 12.2 Å². The third-order valence-corrected chi connectivity index (χ3v) is 2.85. The predicted molar refractivity (Wildman–Crippen MR) is 73.7 cm³/mol. The number of hydrogen-bond donors (Lipinski definition) is 2. The number of benzene rings is 1. The number of anilines is 1. The molecule has 0 aliphatic heterocycles. The van der Waals surface area contributed by atoms with Crippen LogP contribution in [0.3, 0.4) is 0 Å². The standard InChI is InChI=1S/C14H22N2O2/c1-4-7-16(9-14(18)15-3)13-6-5-11(2)8-12(13)10-17/h5-6,8,17H,4,7,9-10H2,1-3H3,(H,15,18). The summed E-state index contributed by atoms with van der Waals surface area (Å²) in [4.78, 5) is 13.5. The van der Waals surface area contributed by atoms with Gasteiger partial charge in [0.2, 0.25) is 5.91 Å².